The van der Waals surface area contributed by atoms with Crippen molar-refractivity contribution in [1.82, 2.24) is 15.6 Å². The molecule has 27 heavy (non-hydrogen) atoms. The molecule has 2 aromatic carbocycles. The lowest BCUT2D eigenvalue weighted by Gasteiger charge is -2.16. The number of amides is 2. The van der Waals surface area contributed by atoms with Crippen LogP contribution >= 0.6 is 0 Å². The van der Waals surface area contributed by atoms with Gasteiger partial charge in [0.05, 0.1) is 11.4 Å². The van der Waals surface area contributed by atoms with Crippen molar-refractivity contribution >= 4 is 21.8 Å². The number of carbonyl (C=O) groups is 2. The van der Waals surface area contributed by atoms with E-state index in [-0.39, 0.29) is 4.90 Å². The summed E-state index contributed by atoms with van der Waals surface area (Å²) in [5, 5.41) is 0. The van der Waals surface area contributed by atoms with Gasteiger partial charge < -0.3 is 0 Å². The van der Waals surface area contributed by atoms with Gasteiger partial charge in [0.1, 0.15) is 0 Å². The SMILES string of the molecule is O=C(CNS(=O)(=O)c1ccccc1)NNC(=O)c1ccc2c(c1)CCCC2. The Morgan fingerprint density at radius 1 is 0.889 bits per heavy atom. The Morgan fingerprint density at radius 2 is 1.59 bits per heavy atom. The molecule has 0 aliphatic heterocycles. The zero-order chi connectivity index (χ0) is 19.3. The van der Waals surface area contributed by atoms with Gasteiger partial charge in [-0.05, 0) is 61.1 Å². The maximum atomic E-state index is 12.2. The van der Waals surface area contributed by atoms with Gasteiger partial charge in [-0.25, -0.2) is 13.1 Å². The zero-order valence-electron chi connectivity index (χ0n) is 14.7. The summed E-state index contributed by atoms with van der Waals surface area (Å²) in [7, 11) is -3.78. The highest BCUT2D eigenvalue weighted by molar-refractivity contribution is 7.89. The molecule has 0 spiro atoms. The first-order chi connectivity index (χ1) is 13.0. The Kier molecular flexibility index (Phi) is 5.88. The number of nitrogens with one attached hydrogen (secondary N) is 3. The first-order valence-corrected chi connectivity index (χ1v) is 10.2. The van der Waals surface area contributed by atoms with Gasteiger partial charge in [-0.2, -0.15) is 0 Å². The minimum atomic E-state index is -3.78. The summed E-state index contributed by atoms with van der Waals surface area (Å²) in [4.78, 5) is 24.1. The van der Waals surface area contributed by atoms with Gasteiger partial charge in [-0.15, -0.1) is 0 Å². The van der Waals surface area contributed by atoms with Gasteiger partial charge >= 0.3 is 0 Å². The molecule has 3 rings (SSSR count). The van der Waals surface area contributed by atoms with E-state index < -0.39 is 28.4 Å². The van der Waals surface area contributed by atoms with Gasteiger partial charge in [-0.3, -0.25) is 20.4 Å². The Morgan fingerprint density at radius 3 is 2.33 bits per heavy atom. The Labute approximate surface area is 158 Å². The third kappa shape index (κ3) is 4.93. The maximum Gasteiger partial charge on any atom is 0.269 e. The van der Waals surface area contributed by atoms with Crippen molar-refractivity contribution in [2.45, 2.75) is 30.6 Å². The van der Waals surface area contributed by atoms with Crippen LogP contribution in [0.15, 0.2) is 53.4 Å². The third-order valence-electron chi connectivity index (χ3n) is 4.40. The van der Waals surface area contributed by atoms with Crippen LogP contribution in [0.2, 0.25) is 0 Å². The molecule has 2 amide bonds. The number of rotatable bonds is 5. The first-order valence-electron chi connectivity index (χ1n) is 8.71. The molecule has 0 saturated carbocycles. The van der Waals surface area contributed by atoms with Crippen molar-refractivity contribution in [3.8, 4) is 0 Å². The molecule has 0 atom stereocenters. The summed E-state index contributed by atoms with van der Waals surface area (Å²) in [5.74, 6) is -1.11. The van der Waals surface area contributed by atoms with Crippen molar-refractivity contribution < 1.29 is 18.0 Å². The Bertz CT molecular complexity index is 943. The molecule has 0 saturated heterocycles. The fraction of sp³-hybridized carbons (Fsp3) is 0.263. The molecule has 3 N–H and O–H groups in total. The second-order valence-electron chi connectivity index (χ2n) is 6.33. The summed E-state index contributed by atoms with van der Waals surface area (Å²) in [5.41, 5.74) is 7.41. The smallest absolute Gasteiger partial charge is 0.269 e. The number of carbonyl (C=O) groups excluding carboxylic acids is 2. The van der Waals surface area contributed by atoms with Gasteiger partial charge in [0.15, 0.2) is 0 Å². The van der Waals surface area contributed by atoms with Crippen LogP contribution < -0.4 is 15.6 Å². The molecular weight excluding hydrogens is 366 g/mol. The maximum absolute atomic E-state index is 12.2. The average molecular weight is 387 g/mol. The van der Waals surface area contributed by atoms with Gasteiger partial charge in [0, 0.05) is 5.56 Å². The molecule has 0 unspecified atom stereocenters. The van der Waals surface area contributed by atoms with Crippen molar-refractivity contribution in [3.05, 3.63) is 65.2 Å². The fourth-order valence-corrected chi connectivity index (χ4v) is 3.96. The molecule has 0 fully saturated rings. The highest BCUT2D eigenvalue weighted by atomic mass is 32.2. The first kappa shape index (κ1) is 19.1. The van der Waals surface area contributed by atoms with Crippen LogP contribution in [0.3, 0.4) is 0 Å². The van der Waals surface area contributed by atoms with E-state index in [1.165, 1.54) is 17.7 Å². The molecule has 0 bridgehead atoms. The summed E-state index contributed by atoms with van der Waals surface area (Å²) >= 11 is 0. The highest BCUT2D eigenvalue weighted by Gasteiger charge is 2.16. The Balaban J connectivity index is 1.51. The summed E-state index contributed by atoms with van der Waals surface area (Å²) in [6.45, 7) is -0.484. The summed E-state index contributed by atoms with van der Waals surface area (Å²) < 4.78 is 26.3. The monoisotopic (exact) mass is 387 g/mol. The second kappa shape index (κ2) is 8.32. The Hall–Kier alpha value is -2.71. The normalized spacial score (nSPS) is 13.5. The molecule has 2 aromatic rings. The van der Waals surface area contributed by atoms with Crippen LogP contribution in [-0.4, -0.2) is 26.8 Å². The van der Waals surface area contributed by atoms with Crippen LogP contribution in [0.25, 0.3) is 0 Å². The molecule has 8 heteroatoms. The molecule has 142 valence electrons. The molecule has 1 aliphatic rings. The van der Waals surface area contributed by atoms with Crippen molar-refractivity contribution in [2.75, 3.05) is 6.54 Å². The van der Waals surface area contributed by atoms with E-state index in [9.17, 15) is 18.0 Å². The predicted molar refractivity (Wildman–Crippen MR) is 100 cm³/mol. The van der Waals surface area contributed by atoms with Crippen LogP contribution in [-0.2, 0) is 27.7 Å². The minimum Gasteiger partial charge on any atom is -0.272 e. The average Bonchev–Trinajstić information content (AvgIpc) is 2.70. The fourth-order valence-electron chi connectivity index (χ4n) is 2.96. The summed E-state index contributed by atoms with van der Waals surface area (Å²) in [6, 6.07) is 13.2. The van der Waals surface area contributed by atoms with Crippen LogP contribution in [0.4, 0.5) is 0 Å². The number of hydrogen-bond donors (Lipinski definition) is 3. The van der Waals surface area contributed by atoms with E-state index in [1.54, 1.807) is 24.3 Å². The van der Waals surface area contributed by atoms with Crippen molar-refractivity contribution in [1.29, 1.82) is 0 Å². The lowest BCUT2D eigenvalue weighted by molar-refractivity contribution is -0.120. The number of hydrazine groups is 1. The number of fused-ring (bicyclic) bond motifs is 1. The van der Waals surface area contributed by atoms with Crippen molar-refractivity contribution in [3.63, 3.8) is 0 Å². The predicted octanol–water partition coefficient (Wildman–Crippen LogP) is 1.30. The van der Waals surface area contributed by atoms with E-state index in [0.29, 0.717) is 5.56 Å². The lowest BCUT2D eigenvalue weighted by Crippen LogP contribution is -2.46. The number of hydrogen-bond acceptors (Lipinski definition) is 4. The molecular formula is C19H21N3O4S. The van der Waals surface area contributed by atoms with Gasteiger partial charge in [0.2, 0.25) is 10.0 Å². The third-order valence-corrected chi connectivity index (χ3v) is 5.82. The second-order valence-corrected chi connectivity index (χ2v) is 8.10. The largest absolute Gasteiger partial charge is 0.272 e. The topological polar surface area (TPSA) is 104 Å². The lowest BCUT2D eigenvalue weighted by atomic mass is 9.90. The van der Waals surface area contributed by atoms with Crippen LogP contribution in [0.1, 0.15) is 34.3 Å². The van der Waals surface area contributed by atoms with E-state index in [0.717, 1.165) is 31.2 Å². The van der Waals surface area contributed by atoms with Gasteiger partial charge in [-0.1, -0.05) is 24.3 Å². The zero-order valence-corrected chi connectivity index (χ0v) is 15.5. The highest BCUT2D eigenvalue weighted by Crippen LogP contribution is 2.22. The molecule has 0 radical (unpaired) electrons. The molecule has 7 nitrogen and oxygen atoms in total. The standard InChI is InChI=1S/C19H21N3O4S/c23-18(13-20-27(25,26)17-8-2-1-3-9-17)21-22-19(24)16-11-10-14-6-4-5-7-15(14)12-16/h1-3,8-12,20H,4-7,13H2,(H,21,23)(H,22,24). The molecule has 0 aromatic heterocycles. The quantitative estimate of drug-likeness (QED) is 0.673. The minimum absolute atomic E-state index is 0.0656. The van der Waals surface area contributed by atoms with Gasteiger partial charge in [0.25, 0.3) is 11.8 Å². The van der Waals surface area contributed by atoms with Crippen molar-refractivity contribution in [2.24, 2.45) is 0 Å². The van der Waals surface area contributed by atoms with Crippen LogP contribution in [0.5, 0.6) is 0 Å². The van der Waals surface area contributed by atoms with E-state index in [1.807, 2.05) is 12.1 Å². The van der Waals surface area contributed by atoms with E-state index in [2.05, 4.69) is 15.6 Å². The van der Waals surface area contributed by atoms with Crippen LogP contribution in [0, 0.1) is 0 Å². The van der Waals surface area contributed by atoms with E-state index in [4.69, 9.17) is 0 Å². The molecule has 0 heterocycles. The number of sulfonamides is 1. The number of benzene rings is 2. The molecule has 1 aliphatic carbocycles. The van der Waals surface area contributed by atoms with E-state index >= 15 is 0 Å². The summed E-state index contributed by atoms with van der Waals surface area (Å²) in [6.07, 6.45) is 4.24. The number of aryl methyl sites for hydroxylation is 2.